The SMILES string of the molecule is COc1cncc(-c2ccc3[nH]nc(-c4nc5c(N6CCN(C)CC6)ccnc5[nH]4)c3c2)c1. The molecule has 9 heteroatoms. The van der Waals surface area contributed by atoms with Gasteiger partial charge in [0, 0.05) is 49.5 Å². The fraction of sp³-hybridized carbons (Fsp3) is 0.250. The third-order valence-corrected chi connectivity index (χ3v) is 6.28. The van der Waals surface area contributed by atoms with Gasteiger partial charge in [-0.2, -0.15) is 5.10 Å². The summed E-state index contributed by atoms with van der Waals surface area (Å²) >= 11 is 0. The number of nitrogens with one attached hydrogen (secondary N) is 2. The molecule has 1 fully saturated rings. The Morgan fingerprint density at radius 2 is 1.88 bits per heavy atom. The van der Waals surface area contributed by atoms with Gasteiger partial charge in [0.1, 0.15) is 17.0 Å². The summed E-state index contributed by atoms with van der Waals surface area (Å²) in [5.74, 6) is 1.42. The fourth-order valence-electron chi connectivity index (χ4n) is 4.37. The van der Waals surface area contributed by atoms with Gasteiger partial charge in [0.05, 0.1) is 24.5 Å². The molecular formula is C24H24N8O. The lowest BCUT2D eigenvalue weighted by molar-refractivity contribution is 0.313. The van der Waals surface area contributed by atoms with Gasteiger partial charge in [-0.3, -0.25) is 10.1 Å². The maximum Gasteiger partial charge on any atom is 0.161 e. The van der Waals surface area contributed by atoms with Gasteiger partial charge in [-0.15, -0.1) is 0 Å². The van der Waals surface area contributed by atoms with E-state index < -0.39 is 0 Å². The molecule has 1 aliphatic rings. The molecule has 0 saturated carbocycles. The van der Waals surface area contributed by atoms with Crippen LogP contribution in [0.1, 0.15) is 0 Å². The Morgan fingerprint density at radius 3 is 2.73 bits per heavy atom. The van der Waals surface area contributed by atoms with E-state index in [1.807, 2.05) is 30.6 Å². The van der Waals surface area contributed by atoms with Crippen LogP contribution in [0.3, 0.4) is 0 Å². The Kier molecular flexibility index (Phi) is 4.69. The van der Waals surface area contributed by atoms with Crippen molar-refractivity contribution in [3.63, 3.8) is 0 Å². The number of anilines is 1. The van der Waals surface area contributed by atoms with E-state index >= 15 is 0 Å². The summed E-state index contributed by atoms with van der Waals surface area (Å²) in [6.07, 6.45) is 5.37. The van der Waals surface area contributed by atoms with E-state index in [2.05, 4.69) is 54.1 Å². The number of piperazine rings is 1. The van der Waals surface area contributed by atoms with Crippen LogP contribution in [0, 0.1) is 0 Å². The summed E-state index contributed by atoms with van der Waals surface area (Å²) in [6, 6.07) is 10.2. The normalized spacial score (nSPS) is 14.9. The zero-order chi connectivity index (χ0) is 22.4. The molecule has 166 valence electrons. The minimum absolute atomic E-state index is 0.700. The monoisotopic (exact) mass is 440 g/mol. The van der Waals surface area contributed by atoms with Gasteiger partial charge in [0.25, 0.3) is 0 Å². The highest BCUT2D eigenvalue weighted by atomic mass is 16.5. The molecule has 9 nitrogen and oxygen atoms in total. The topological polar surface area (TPSA) is 98.8 Å². The van der Waals surface area contributed by atoms with Crippen LogP contribution in [0.5, 0.6) is 5.75 Å². The molecule has 0 spiro atoms. The van der Waals surface area contributed by atoms with Gasteiger partial charge in [0.2, 0.25) is 0 Å². The molecule has 4 aromatic heterocycles. The number of aromatic amines is 2. The summed E-state index contributed by atoms with van der Waals surface area (Å²) < 4.78 is 5.33. The minimum Gasteiger partial charge on any atom is -0.495 e. The summed E-state index contributed by atoms with van der Waals surface area (Å²) in [6.45, 7) is 4.02. The summed E-state index contributed by atoms with van der Waals surface area (Å²) in [5, 5.41) is 8.68. The largest absolute Gasteiger partial charge is 0.495 e. The Labute approximate surface area is 190 Å². The Bertz CT molecular complexity index is 1450. The van der Waals surface area contributed by atoms with Crippen molar-refractivity contribution in [2.45, 2.75) is 0 Å². The first-order valence-corrected chi connectivity index (χ1v) is 11.0. The van der Waals surface area contributed by atoms with Crippen molar-refractivity contribution in [1.82, 2.24) is 35.0 Å². The van der Waals surface area contributed by atoms with Gasteiger partial charge in [-0.25, -0.2) is 9.97 Å². The van der Waals surface area contributed by atoms with Gasteiger partial charge < -0.3 is 19.5 Å². The first kappa shape index (κ1) is 19.7. The number of likely N-dealkylation sites (N-methyl/N-ethyl adjacent to an activating group) is 1. The smallest absolute Gasteiger partial charge is 0.161 e. The van der Waals surface area contributed by atoms with E-state index in [4.69, 9.17) is 9.72 Å². The van der Waals surface area contributed by atoms with Crippen LogP contribution in [0.2, 0.25) is 0 Å². The zero-order valence-corrected chi connectivity index (χ0v) is 18.5. The minimum atomic E-state index is 0.700. The number of rotatable bonds is 4. The zero-order valence-electron chi connectivity index (χ0n) is 18.5. The van der Waals surface area contributed by atoms with Crippen molar-refractivity contribution in [2.75, 3.05) is 45.2 Å². The first-order chi connectivity index (χ1) is 16.2. The molecule has 0 atom stereocenters. The molecule has 0 amide bonds. The average Bonchev–Trinajstić information content (AvgIpc) is 3.48. The van der Waals surface area contributed by atoms with E-state index in [0.29, 0.717) is 5.82 Å². The highest BCUT2D eigenvalue weighted by Crippen LogP contribution is 2.32. The van der Waals surface area contributed by atoms with Gasteiger partial charge >= 0.3 is 0 Å². The first-order valence-electron chi connectivity index (χ1n) is 11.0. The molecule has 1 aromatic carbocycles. The average molecular weight is 441 g/mol. The van der Waals surface area contributed by atoms with Crippen LogP contribution >= 0.6 is 0 Å². The van der Waals surface area contributed by atoms with Crippen molar-refractivity contribution in [2.24, 2.45) is 0 Å². The van der Waals surface area contributed by atoms with E-state index in [9.17, 15) is 0 Å². The molecule has 5 aromatic rings. The second-order valence-corrected chi connectivity index (χ2v) is 8.35. The predicted molar refractivity (Wildman–Crippen MR) is 128 cm³/mol. The second kappa shape index (κ2) is 7.86. The van der Waals surface area contributed by atoms with Crippen molar-refractivity contribution in [3.8, 4) is 28.4 Å². The summed E-state index contributed by atoms with van der Waals surface area (Å²) in [7, 11) is 3.80. The number of methoxy groups -OCH3 is 1. The van der Waals surface area contributed by atoms with Crippen molar-refractivity contribution in [3.05, 3.63) is 48.9 Å². The highest BCUT2D eigenvalue weighted by Gasteiger charge is 2.20. The number of aromatic nitrogens is 6. The molecule has 33 heavy (non-hydrogen) atoms. The third-order valence-electron chi connectivity index (χ3n) is 6.28. The second-order valence-electron chi connectivity index (χ2n) is 8.35. The summed E-state index contributed by atoms with van der Waals surface area (Å²) in [5.41, 5.74) is 6.48. The van der Waals surface area contributed by atoms with Gasteiger partial charge in [-0.1, -0.05) is 6.07 Å². The number of ether oxygens (including phenoxy) is 1. The number of hydrogen-bond acceptors (Lipinski definition) is 7. The van der Waals surface area contributed by atoms with E-state index in [1.165, 1.54) is 0 Å². The van der Waals surface area contributed by atoms with Crippen molar-refractivity contribution in [1.29, 1.82) is 0 Å². The predicted octanol–water partition coefficient (Wildman–Crippen LogP) is 3.32. The molecule has 0 unspecified atom stereocenters. The van der Waals surface area contributed by atoms with Crippen LogP contribution in [0.25, 0.3) is 44.7 Å². The number of H-pyrrole nitrogens is 2. The highest BCUT2D eigenvalue weighted by molar-refractivity contribution is 5.96. The quantitative estimate of drug-likeness (QED) is 0.442. The van der Waals surface area contributed by atoms with Crippen LogP contribution in [-0.2, 0) is 0 Å². The number of imidazole rings is 1. The number of pyridine rings is 2. The lowest BCUT2D eigenvalue weighted by atomic mass is 10.0. The molecule has 1 saturated heterocycles. The molecule has 0 bridgehead atoms. The lowest BCUT2D eigenvalue weighted by Gasteiger charge is -2.33. The van der Waals surface area contributed by atoms with Crippen LogP contribution in [-0.4, -0.2) is 75.4 Å². The van der Waals surface area contributed by atoms with Crippen LogP contribution < -0.4 is 9.64 Å². The van der Waals surface area contributed by atoms with Crippen LogP contribution in [0.4, 0.5) is 5.69 Å². The van der Waals surface area contributed by atoms with Crippen molar-refractivity contribution < 1.29 is 4.74 Å². The number of benzene rings is 1. The number of nitrogens with zero attached hydrogens (tertiary/aromatic N) is 6. The van der Waals surface area contributed by atoms with Crippen molar-refractivity contribution >= 4 is 27.8 Å². The molecule has 1 aliphatic heterocycles. The fourth-order valence-corrected chi connectivity index (χ4v) is 4.37. The van der Waals surface area contributed by atoms with E-state index in [1.54, 1.807) is 13.3 Å². The van der Waals surface area contributed by atoms with E-state index in [-0.39, 0.29) is 0 Å². The lowest BCUT2D eigenvalue weighted by Crippen LogP contribution is -2.44. The molecule has 0 aliphatic carbocycles. The molecule has 6 rings (SSSR count). The third kappa shape index (κ3) is 3.46. The van der Waals surface area contributed by atoms with Crippen LogP contribution in [0.15, 0.2) is 48.9 Å². The maximum absolute atomic E-state index is 5.33. The molecule has 2 N–H and O–H groups in total. The number of fused-ring (bicyclic) bond motifs is 2. The Hall–Kier alpha value is -3.98. The standard InChI is InChI=1S/C24H24N8O/c1-31-7-9-32(10-8-31)20-5-6-26-23-22(20)27-24(28-23)21-18-12-15(3-4-19(18)29-30-21)16-11-17(33-2)14-25-13-16/h3-6,11-14H,7-10H2,1-2H3,(H,29,30)(H,26,27,28). The molecule has 0 radical (unpaired) electrons. The van der Waals surface area contributed by atoms with Gasteiger partial charge in [0.15, 0.2) is 11.5 Å². The van der Waals surface area contributed by atoms with Gasteiger partial charge in [-0.05, 0) is 36.9 Å². The van der Waals surface area contributed by atoms with E-state index in [0.717, 1.165) is 76.5 Å². The molecular weight excluding hydrogens is 416 g/mol. The Morgan fingerprint density at radius 1 is 1.00 bits per heavy atom. The molecule has 5 heterocycles. The maximum atomic E-state index is 5.33. The Balaban J connectivity index is 1.43. The number of hydrogen-bond donors (Lipinski definition) is 2. The summed E-state index contributed by atoms with van der Waals surface area (Å²) in [4.78, 5) is 21.9.